The van der Waals surface area contributed by atoms with Gasteiger partial charge in [0.25, 0.3) is 0 Å². The molecule has 120 valence electrons. The van der Waals surface area contributed by atoms with E-state index in [0.717, 1.165) is 43.2 Å². The molecule has 0 bridgehead atoms. The summed E-state index contributed by atoms with van der Waals surface area (Å²) in [6.45, 7) is 3.45. The molecule has 1 fully saturated rings. The van der Waals surface area contributed by atoms with Crippen LogP contribution in [0.1, 0.15) is 5.56 Å². The normalized spacial score (nSPS) is 14.3. The zero-order valence-electron chi connectivity index (χ0n) is 12.9. The maximum atomic E-state index is 11.9. The van der Waals surface area contributed by atoms with E-state index in [4.69, 9.17) is 9.47 Å². The number of amides is 1. The first-order chi connectivity index (χ1) is 11.3. The molecule has 1 aliphatic rings. The molecule has 0 atom stereocenters. The summed E-state index contributed by atoms with van der Waals surface area (Å²) in [5, 5.41) is 2.77. The van der Waals surface area contributed by atoms with E-state index in [-0.39, 0.29) is 6.61 Å². The largest absolute Gasteiger partial charge is 0.444 e. The molecule has 2 aromatic rings. The minimum atomic E-state index is -0.451. The van der Waals surface area contributed by atoms with Crippen molar-refractivity contribution in [3.63, 3.8) is 0 Å². The highest BCUT2D eigenvalue weighted by atomic mass is 16.5. The molecule has 0 aliphatic carbocycles. The van der Waals surface area contributed by atoms with Crippen molar-refractivity contribution in [3.8, 4) is 0 Å². The van der Waals surface area contributed by atoms with E-state index in [0.29, 0.717) is 0 Å². The fourth-order valence-corrected chi connectivity index (χ4v) is 2.48. The summed E-state index contributed by atoms with van der Waals surface area (Å²) in [5.74, 6) is 0. The molecule has 0 aromatic heterocycles. The lowest BCUT2D eigenvalue weighted by Crippen LogP contribution is -2.36. The molecule has 1 N–H and O–H groups in total. The molecule has 2 aromatic carbocycles. The third-order valence-electron chi connectivity index (χ3n) is 3.68. The third kappa shape index (κ3) is 4.47. The Balaban J connectivity index is 1.55. The molecule has 0 unspecified atom stereocenters. The first-order valence-corrected chi connectivity index (χ1v) is 7.72. The number of nitrogens with zero attached hydrogens (tertiary/aromatic N) is 1. The van der Waals surface area contributed by atoms with Crippen LogP contribution in [0.4, 0.5) is 16.2 Å². The quantitative estimate of drug-likeness (QED) is 0.941. The SMILES string of the molecule is O=C(Nc1cccc(N2CCOCC2)c1)OCc1ccccc1. The molecule has 5 heteroatoms. The number of hydrogen-bond donors (Lipinski definition) is 1. The summed E-state index contributed by atoms with van der Waals surface area (Å²) in [5.41, 5.74) is 2.77. The van der Waals surface area contributed by atoms with Gasteiger partial charge in [0.05, 0.1) is 13.2 Å². The molecule has 1 heterocycles. The van der Waals surface area contributed by atoms with Gasteiger partial charge in [-0.1, -0.05) is 36.4 Å². The van der Waals surface area contributed by atoms with Gasteiger partial charge in [0.2, 0.25) is 0 Å². The number of rotatable bonds is 4. The lowest BCUT2D eigenvalue weighted by molar-refractivity contribution is 0.122. The average Bonchev–Trinajstić information content (AvgIpc) is 2.62. The molecule has 0 spiro atoms. The van der Waals surface area contributed by atoms with Gasteiger partial charge in [-0.3, -0.25) is 5.32 Å². The first-order valence-electron chi connectivity index (χ1n) is 7.72. The van der Waals surface area contributed by atoms with E-state index in [1.165, 1.54) is 0 Å². The summed E-state index contributed by atoms with van der Waals surface area (Å²) in [6.07, 6.45) is -0.451. The summed E-state index contributed by atoms with van der Waals surface area (Å²) in [4.78, 5) is 14.1. The molecular weight excluding hydrogens is 292 g/mol. The molecule has 1 aliphatic heterocycles. The lowest BCUT2D eigenvalue weighted by Gasteiger charge is -2.29. The van der Waals surface area contributed by atoms with Crippen LogP contribution in [0.2, 0.25) is 0 Å². The van der Waals surface area contributed by atoms with Crippen LogP contribution in [0, 0.1) is 0 Å². The van der Waals surface area contributed by atoms with Crippen LogP contribution in [-0.2, 0) is 16.1 Å². The van der Waals surface area contributed by atoms with Crippen molar-refractivity contribution < 1.29 is 14.3 Å². The monoisotopic (exact) mass is 312 g/mol. The van der Waals surface area contributed by atoms with E-state index in [1.54, 1.807) is 0 Å². The Kier molecular flexibility index (Phi) is 5.11. The van der Waals surface area contributed by atoms with Gasteiger partial charge in [0.15, 0.2) is 0 Å². The summed E-state index contributed by atoms with van der Waals surface area (Å²) in [7, 11) is 0. The second kappa shape index (κ2) is 7.65. The highest BCUT2D eigenvalue weighted by Gasteiger charge is 2.12. The number of nitrogens with one attached hydrogen (secondary N) is 1. The van der Waals surface area contributed by atoms with Gasteiger partial charge in [0, 0.05) is 24.5 Å². The number of morpholine rings is 1. The summed E-state index contributed by atoms with van der Waals surface area (Å²) < 4.78 is 10.6. The molecular formula is C18H20N2O3. The fraction of sp³-hybridized carbons (Fsp3) is 0.278. The van der Waals surface area contributed by atoms with E-state index < -0.39 is 6.09 Å². The van der Waals surface area contributed by atoms with E-state index in [2.05, 4.69) is 10.2 Å². The zero-order valence-corrected chi connectivity index (χ0v) is 12.9. The highest BCUT2D eigenvalue weighted by Crippen LogP contribution is 2.20. The minimum absolute atomic E-state index is 0.260. The highest BCUT2D eigenvalue weighted by molar-refractivity contribution is 5.85. The Bertz CT molecular complexity index is 640. The topological polar surface area (TPSA) is 50.8 Å². The molecule has 5 nitrogen and oxygen atoms in total. The first kappa shape index (κ1) is 15.4. The van der Waals surface area contributed by atoms with E-state index >= 15 is 0 Å². The van der Waals surface area contributed by atoms with Crippen LogP contribution in [0.5, 0.6) is 0 Å². The molecule has 1 amide bonds. The maximum Gasteiger partial charge on any atom is 0.411 e. The Hall–Kier alpha value is -2.53. The smallest absolute Gasteiger partial charge is 0.411 e. The number of benzene rings is 2. The van der Waals surface area contributed by atoms with Gasteiger partial charge in [-0.25, -0.2) is 4.79 Å². The zero-order chi connectivity index (χ0) is 15.9. The second-order valence-corrected chi connectivity index (χ2v) is 5.34. The van der Waals surface area contributed by atoms with E-state index in [1.807, 2.05) is 54.6 Å². The van der Waals surface area contributed by atoms with Crippen LogP contribution in [-0.4, -0.2) is 32.4 Å². The molecule has 1 saturated heterocycles. The second-order valence-electron chi connectivity index (χ2n) is 5.34. The standard InChI is InChI=1S/C18H20N2O3/c21-18(23-14-15-5-2-1-3-6-15)19-16-7-4-8-17(13-16)20-9-11-22-12-10-20/h1-8,13H,9-12,14H2,(H,19,21). The predicted octanol–water partition coefficient (Wildman–Crippen LogP) is 3.27. The third-order valence-corrected chi connectivity index (χ3v) is 3.68. The van der Waals surface area contributed by atoms with Gasteiger partial charge < -0.3 is 14.4 Å². The van der Waals surface area contributed by atoms with Crippen molar-refractivity contribution in [1.29, 1.82) is 0 Å². The maximum absolute atomic E-state index is 11.9. The van der Waals surface area contributed by atoms with Crippen LogP contribution in [0.25, 0.3) is 0 Å². The van der Waals surface area contributed by atoms with Gasteiger partial charge in [-0.15, -0.1) is 0 Å². The summed E-state index contributed by atoms with van der Waals surface area (Å²) >= 11 is 0. The Morgan fingerprint density at radius 2 is 1.87 bits per heavy atom. The van der Waals surface area contributed by atoms with Crippen LogP contribution < -0.4 is 10.2 Å². The van der Waals surface area contributed by atoms with Crippen molar-refractivity contribution in [1.82, 2.24) is 0 Å². The number of ether oxygens (including phenoxy) is 2. The number of carbonyl (C=O) groups excluding carboxylic acids is 1. The van der Waals surface area contributed by atoms with Crippen molar-refractivity contribution in [2.45, 2.75) is 6.61 Å². The van der Waals surface area contributed by atoms with Crippen LogP contribution in [0.3, 0.4) is 0 Å². The molecule has 0 radical (unpaired) electrons. The Labute approximate surface area is 135 Å². The lowest BCUT2D eigenvalue weighted by atomic mass is 10.2. The van der Waals surface area contributed by atoms with Gasteiger partial charge in [-0.05, 0) is 23.8 Å². The van der Waals surface area contributed by atoms with Crippen LogP contribution >= 0.6 is 0 Å². The number of hydrogen-bond acceptors (Lipinski definition) is 4. The molecule has 0 saturated carbocycles. The summed E-state index contributed by atoms with van der Waals surface area (Å²) in [6, 6.07) is 17.4. The van der Waals surface area contributed by atoms with E-state index in [9.17, 15) is 4.79 Å². The van der Waals surface area contributed by atoms with Crippen molar-refractivity contribution in [2.24, 2.45) is 0 Å². The van der Waals surface area contributed by atoms with Crippen molar-refractivity contribution in [2.75, 3.05) is 36.5 Å². The average molecular weight is 312 g/mol. The molecule has 3 rings (SSSR count). The van der Waals surface area contributed by atoms with Gasteiger partial charge >= 0.3 is 6.09 Å². The van der Waals surface area contributed by atoms with Gasteiger partial charge in [-0.2, -0.15) is 0 Å². The Morgan fingerprint density at radius 3 is 2.65 bits per heavy atom. The van der Waals surface area contributed by atoms with Crippen molar-refractivity contribution in [3.05, 3.63) is 60.2 Å². The predicted molar refractivity (Wildman–Crippen MR) is 89.7 cm³/mol. The van der Waals surface area contributed by atoms with Gasteiger partial charge in [0.1, 0.15) is 6.61 Å². The molecule has 23 heavy (non-hydrogen) atoms. The Morgan fingerprint density at radius 1 is 1.09 bits per heavy atom. The van der Waals surface area contributed by atoms with Crippen LogP contribution in [0.15, 0.2) is 54.6 Å². The fourth-order valence-electron chi connectivity index (χ4n) is 2.48. The van der Waals surface area contributed by atoms with Crippen molar-refractivity contribution >= 4 is 17.5 Å². The number of carbonyl (C=O) groups is 1. The minimum Gasteiger partial charge on any atom is -0.444 e. The number of anilines is 2.